The van der Waals surface area contributed by atoms with Gasteiger partial charge in [0.1, 0.15) is 73.2 Å². The fourth-order valence-corrected chi connectivity index (χ4v) is 9.85. The SMILES string of the molecule is CCCC/C=C\CCCCCCCC(=O)NC(COC1OC(CO)C(OC2OC(CO)C(OC3OC(CO)C(O)C(O)C3O)C(O)C2O)C(O)C1O)C(O)/C=C/CC/C=C/CC/C=C/CCCCCCCCCCCCCC. The lowest BCUT2D eigenvalue weighted by molar-refractivity contribution is -0.379. The second-order valence-corrected chi connectivity index (χ2v) is 21.4. The Morgan fingerprint density at radius 3 is 1.32 bits per heavy atom. The minimum atomic E-state index is -1.98. The summed E-state index contributed by atoms with van der Waals surface area (Å²) in [7, 11) is 0. The molecule has 0 radical (unpaired) electrons. The zero-order valence-corrected chi connectivity index (χ0v) is 47.1. The van der Waals surface area contributed by atoms with Crippen LogP contribution >= 0.6 is 0 Å². The van der Waals surface area contributed by atoms with Gasteiger partial charge in [0.05, 0.1) is 38.6 Å². The fraction of sp³-hybridized carbons (Fsp3) is 0.847. The average Bonchev–Trinajstić information content (AvgIpc) is 3.46. The third-order valence-electron chi connectivity index (χ3n) is 14.8. The van der Waals surface area contributed by atoms with Gasteiger partial charge in [-0.15, -0.1) is 0 Å². The fourth-order valence-electron chi connectivity index (χ4n) is 9.85. The van der Waals surface area contributed by atoms with E-state index in [1.807, 2.05) is 6.08 Å². The summed E-state index contributed by atoms with van der Waals surface area (Å²) in [5.41, 5.74) is 0. The van der Waals surface area contributed by atoms with E-state index in [0.29, 0.717) is 12.8 Å². The number of aliphatic hydroxyl groups excluding tert-OH is 11. The summed E-state index contributed by atoms with van der Waals surface area (Å²) < 4.78 is 34.2. The summed E-state index contributed by atoms with van der Waals surface area (Å²) in [5.74, 6) is -0.303. The van der Waals surface area contributed by atoms with E-state index in [4.69, 9.17) is 28.4 Å². The van der Waals surface area contributed by atoms with Gasteiger partial charge in [0.15, 0.2) is 18.9 Å². The molecule has 0 aromatic carbocycles. The number of carbonyl (C=O) groups is 1. The van der Waals surface area contributed by atoms with E-state index >= 15 is 0 Å². The Bertz CT molecular complexity index is 1620. The molecule has 3 aliphatic heterocycles. The van der Waals surface area contributed by atoms with Crippen molar-refractivity contribution in [3.05, 3.63) is 48.6 Å². The monoisotopic (exact) mass is 1120 g/mol. The van der Waals surface area contributed by atoms with Gasteiger partial charge in [-0.1, -0.05) is 165 Å². The molecule has 17 unspecified atom stereocenters. The van der Waals surface area contributed by atoms with Gasteiger partial charge in [0.25, 0.3) is 0 Å². The highest BCUT2D eigenvalue weighted by Gasteiger charge is 2.53. The molecule has 454 valence electrons. The van der Waals surface area contributed by atoms with Crippen molar-refractivity contribution in [3.63, 3.8) is 0 Å². The van der Waals surface area contributed by atoms with Crippen molar-refractivity contribution in [1.29, 1.82) is 0 Å². The zero-order chi connectivity index (χ0) is 56.9. The Balaban J connectivity index is 1.51. The van der Waals surface area contributed by atoms with Gasteiger partial charge in [0, 0.05) is 6.42 Å². The Kier molecular flexibility index (Phi) is 38.2. The smallest absolute Gasteiger partial charge is 0.220 e. The number of ether oxygens (including phenoxy) is 6. The van der Waals surface area contributed by atoms with Crippen molar-refractivity contribution in [1.82, 2.24) is 5.32 Å². The number of rotatable bonds is 43. The van der Waals surface area contributed by atoms with Crippen molar-refractivity contribution in [2.45, 2.75) is 291 Å². The van der Waals surface area contributed by atoms with E-state index in [1.54, 1.807) is 6.08 Å². The lowest BCUT2D eigenvalue weighted by atomic mass is 9.96. The molecule has 12 N–H and O–H groups in total. The van der Waals surface area contributed by atoms with Crippen LogP contribution in [0.1, 0.15) is 187 Å². The van der Waals surface area contributed by atoms with Gasteiger partial charge in [-0.05, 0) is 64.2 Å². The summed E-state index contributed by atoms with van der Waals surface area (Å²) in [6.45, 7) is 1.63. The van der Waals surface area contributed by atoms with Crippen LogP contribution in [0.2, 0.25) is 0 Å². The Hall–Kier alpha value is -2.25. The number of hydrogen-bond donors (Lipinski definition) is 12. The third-order valence-corrected chi connectivity index (χ3v) is 14.8. The van der Waals surface area contributed by atoms with Crippen LogP contribution in [0.25, 0.3) is 0 Å². The molecule has 19 nitrogen and oxygen atoms in total. The molecule has 19 heteroatoms. The van der Waals surface area contributed by atoms with Crippen LogP contribution in [0.5, 0.6) is 0 Å². The minimum Gasteiger partial charge on any atom is -0.394 e. The molecule has 1 amide bonds. The van der Waals surface area contributed by atoms with Crippen molar-refractivity contribution in [3.8, 4) is 0 Å². The molecule has 0 aliphatic carbocycles. The average molecular weight is 1120 g/mol. The van der Waals surface area contributed by atoms with Crippen molar-refractivity contribution in [2.24, 2.45) is 0 Å². The van der Waals surface area contributed by atoms with Gasteiger partial charge in [-0.2, -0.15) is 0 Å². The predicted octanol–water partition coefficient (Wildman–Crippen LogP) is 5.09. The molecule has 78 heavy (non-hydrogen) atoms. The van der Waals surface area contributed by atoms with E-state index in [9.17, 15) is 61.0 Å². The number of hydrogen-bond acceptors (Lipinski definition) is 18. The number of nitrogens with one attached hydrogen (secondary N) is 1. The first kappa shape index (κ1) is 70.0. The first-order valence-electron chi connectivity index (χ1n) is 29.9. The Morgan fingerprint density at radius 1 is 0.449 bits per heavy atom. The van der Waals surface area contributed by atoms with Crippen LogP contribution in [-0.2, 0) is 33.2 Å². The van der Waals surface area contributed by atoms with Crippen LogP contribution in [-0.4, -0.2) is 193 Å². The standard InChI is InChI=1S/C59H105NO18/c1-3-5-7-9-11-13-15-16-17-18-19-20-21-22-23-24-25-27-28-30-32-34-36-43(64)42(60-47(65)37-35-33-31-29-26-14-12-10-8-6-4-2)41-73-57-53(71)50(68)55(45(39-62)75-57)78-59-54(72)51(69)56(46(40-63)76-59)77-58-52(70)49(67)48(66)44(38-61)74-58/h10,12,22-23,27-28,34,36,42-46,48-59,61-64,66-72H,3-9,11,13-21,24-26,29-33,35,37-41H2,1-2H3,(H,60,65)/b12-10-,23-22+,28-27+,36-34+. The van der Waals surface area contributed by atoms with Gasteiger partial charge >= 0.3 is 0 Å². The predicted molar refractivity (Wildman–Crippen MR) is 295 cm³/mol. The molecular formula is C59H105NO18. The molecule has 3 saturated heterocycles. The lowest BCUT2D eigenvalue weighted by Gasteiger charge is -2.48. The summed E-state index contributed by atoms with van der Waals surface area (Å²) >= 11 is 0. The highest BCUT2D eigenvalue weighted by atomic mass is 16.8. The maximum atomic E-state index is 13.3. The number of carbonyl (C=O) groups excluding carboxylic acids is 1. The van der Waals surface area contributed by atoms with Crippen molar-refractivity contribution >= 4 is 5.91 Å². The molecule has 0 spiro atoms. The van der Waals surface area contributed by atoms with E-state index in [1.165, 1.54) is 89.9 Å². The molecule has 3 rings (SSSR count). The Morgan fingerprint density at radius 2 is 0.833 bits per heavy atom. The van der Waals surface area contributed by atoms with Gasteiger partial charge < -0.3 is 89.9 Å². The Labute approximate surface area is 465 Å². The summed E-state index contributed by atoms with van der Waals surface area (Å²) in [6, 6.07) is -0.999. The molecule has 0 saturated carbocycles. The molecule has 0 aromatic rings. The number of aliphatic hydroxyl groups is 11. The second-order valence-electron chi connectivity index (χ2n) is 21.4. The zero-order valence-electron chi connectivity index (χ0n) is 47.1. The first-order chi connectivity index (χ1) is 37.8. The number of unbranched alkanes of at least 4 members (excludes halogenated alkanes) is 21. The number of amides is 1. The highest BCUT2D eigenvalue weighted by Crippen LogP contribution is 2.33. The summed E-state index contributed by atoms with van der Waals surface area (Å²) in [5, 5.41) is 120. The van der Waals surface area contributed by atoms with Crippen LogP contribution in [0.15, 0.2) is 48.6 Å². The number of allylic oxidation sites excluding steroid dienone is 7. The first-order valence-corrected chi connectivity index (χ1v) is 29.9. The molecule has 3 fully saturated rings. The van der Waals surface area contributed by atoms with Gasteiger partial charge in [-0.3, -0.25) is 4.79 Å². The molecule has 0 bridgehead atoms. The summed E-state index contributed by atoms with van der Waals surface area (Å²) in [4.78, 5) is 13.3. The maximum Gasteiger partial charge on any atom is 0.220 e. The topological polar surface area (TPSA) is 307 Å². The second kappa shape index (κ2) is 42.6. The van der Waals surface area contributed by atoms with E-state index < -0.39 is 124 Å². The molecule has 17 atom stereocenters. The van der Waals surface area contributed by atoms with E-state index in [0.717, 1.165) is 64.2 Å². The summed E-state index contributed by atoms with van der Waals surface area (Å²) in [6.07, 6.45) is 19.7. The lowest BCUT2D eigenvalue weighted by Crippen LogP contribution is -2.66. The van der Waals surface area contributed by atoms with Crippen molar-refractivity contribution < 1.29 is 89.4 Å². The van der Waals surface area contributed by atoms with Gasteiger partial charge in [-0.25, -0.2) is 0 Å². The quantitative estimate of drug-likeness (QED) is 0.0279. The van der Waals surface area contributed by atoms with Crippen LogP contribution in [0.3, 0.4) is 0 Å². The van der Waals surface area contributed by atoms with E-state index in [-0.39, 0.29) is 18.9 Å². The molecular weight excluding hydrogens is 1010 g/mol. The highest BCUT2D eigenvalue weighted by molar-refractivity contribution is 5.76. The van der Waals surface area contributed by atoms with Crippen LogP contribution < -0.4 is 5.32 Å². The van der Waals surface area contributed by atoms with Crippen molar-refractivity contribution in [2.75, 3.05) is 26.4 Å². The normalized spacial score (nSPS) is 30.8. The molecule has 3 heterocycles. The van der Waals surface area contributed by atoms with Crippen LogP contribution in [0, 0.1) is 0 Å². The van der Waals surface area contributed by atoms with Crippen LogP contribution in [0.4, 0.5) is 0 Å². The minimum absolute atomic E-state index is 0.220. The van der Waals surface area contributed by atoms with Gasteiger partial charge in [0.2, 0.25) is 5.91 Å². The third kappa shape index (κ3) is 26.3. The molecule has 0 aromatic heterocycles. The largest absolute Gasteiger partial charge is 0.394 e. The molecule has 3 aliphatic rings. The maximum absolute atomic E-state index is 13.3. The van der Waals surface area contributed by atoms with E-state index in [2.05, 4.69) is 55.6 Å².